The number of thioether (sulfide) groups is 1. The first-order valence-electron chi connectivity index (χ1n) is 5.92. The van der Waals surface area contributed by atoms with Crippen molar-refractivity contribution in [2.24, 2.45) is 0 Å². The Morgan fingerprint density at radius 3 is 2.41 bits per heavy atom. The molecule has 0 saturated carbocycles. The molecule has 0 aliphatic rings. The van der Waals surface area contributed by atoms with Gasteiger partial charge in [0.05, 0.1) is 12.7 Å². The third kappa shape index (κ3) is 5.57. The standard InChI is InChI=1S/C14H22O2S/c1-12(13-7-5-4-6-8-13)10-17-11-14(16-3)9-15-2/h4-8,12,14H,9-11H2,1-3H3. The van der Waals surface area contributed by atoms with Gasteiger partial charge in [-0.2, -0.15) is 11.8 Å². The molecule has 0 spiro atoms. The summed E-state index contributed by atoms with van der Waals surface area (Å²) in [6, 6.07) is 10.6. The van der Waals surface area contributed by atoms with Crippen LogP contribution in [0.1, 0.15) is 18.4 Å². The monoisotopic (exact) mass is 254 g/mol. The third-order valence-corrected chi connectivity index (χ3v) is 4.07. The average molecular weight is 254 g/mol. The number of methoxy groups -OCH3 is 2. The Hall–Kier alpha value is -0.510. The third-order valence-electron chi connectivity index (χ3n) is 2.73. The predicted octanol–water partition coefficient (Wildman–Crippen LogP) is 3.18. The summed E-state index contributed by atoms with van der Waals surface area (Å²) in [4.78, 5) is 0. The van der Waals surface area contributed by atoms with E-state index in [9.17, 15) is 0 Å². The molecule has 0 fully saturated rings. The van der Waals surface area contributed by atoms with E-state index in [-0.39, 0.29) is 6.10 Å². The molecule has 0 aliphatic heterocycles. The minimum atomic E-state index is 0.202. The molecule has 0 saturated heterocycles. The fourth-order valence-corrected chi connectivity index (χ4v) is 2.80. The van der Waals surface area contributed by atoms with Crippen LogP contribution in [-0.2, 0) is 9.47 Å². The van der Waals surface area contributed by atoms with Crippen LogP contribution in [0.25, 0.3) is 0 Å². The summed E-state index contributed by atoms with van der Waals surface area (Å²) in [6.07, 6.45) is 0.202. The molecule has 1 aromatic carbocycles. The van der Waals surface area contributed by atoms with Crippen LogP contribution in [0, 0.1) is 0 Å². The van der Waals surface area contributed by atoms with Crippen molar-refractivity contribution < 1.29 is 9.47 Å². The summed E-state index contributed by atoms with van der Waals surface area (Å²) in [5, 5.41) is 0. The molecule has 0 aliphatic carbocycles. The van der Waals surface area contributed by atoms with Crippen molar-refractivity contribution >= 4 is 11.8 Å². The molecule has 2 atom stereocenters. The van der Waals surface area contributed by atoms with Crippen LogP contribution in [0.5, 0.6) is 0 Å². The van der Waals surface area contributed by atoms with Crippen molar-refractivity contribution in [3.05, 3.63) is 35.9 Å². The maximum Gasteiger partial charge on any atom is 0.0894 e. The summed E-state index contributed by atoms with van der Waals surface area (Å²) in [7, 11) is 3.45. The van der Waals surface area contributed by atoms with E-state index in [0.29, 0.717) is 12.5 Å². The summed E-state index contributed by atoms with van der Waals surface area (Å²) < 4.78 is 10.4. The van der Waals surface area contributed by atoms with Crippen LogP contribution in [0.3, 0.4) is 0 Å². The van der Waals surface area contributed by atoms with Gasteiger partial charge in [-0.3, -0.25) is 0 Å². The Balaban J connectivity index is 2.26. The maximum atomic E-state index is 5.33. The SMILES string of the molecule is COCC(CSCC(C)c1ccccc1)OC. The summed E-state index contributed by atoms with van der Waals surface area (Å²) in [5.41, 5.74) is 1.40. The number of hydrogen-bond donors (Lipinski definition) is 0. The van der Waals surface area contributed by atoms with E-state index in [1.807, 2.05) is 11.8 Å². The van der Waals surface area contributed by atoms with Gasteiger partial charge in [0.1, 0.15) is 0 Å². The van der Waals surface area contributed by atoms with Gasteiger partial charge in [-0.1, -0.05) is 37.3 Å². The van der Waals surface area contributed by atoms with E-state index >= 15 is 0 Å². The van der Waals surface area contributed by atoms with Gasteiger partial charge in [-0.15, -0.1) is 0 Å². The predicted molar refractivity (Wildman–Crippen MR) is 74.9 cm³/mol. The highest BCUT2D eigenvalue weighted by molar-refractivity contribution is 7.99. The zero-order valence-electron chi connectivity index (χ0n) is 10.9. The Morgan fingerprint density at radius 1 is 1.12 bits per heavy atom. The summed E-state index contributed by atoms with van der Waals surface area (Å²) in [6.45, 7) is 2.93. The molecule has 0 aromatic heterocycles. The number of hydrogen-bond acceptors (Lipinski definition) is 3. The Kier molecular flexibility index (Phi) is 7.33. The van der Waals surface area contributed by atoms with E-state index in [4.69, 9.17) is 9.47 Å². The highest BCUT2D eigenvalue weighted by atomic mass is 32.2. The second-order valence-electron chi connectivity index (χ2n) is 4.16. The molecule has 1 aromatic rings. The van der Waals surface area contributed by atoms with Gasteiger partial charge in [-0.25, -0.2) is 0 Å². The maximum absolute atomic E-state index is 5.33. The normalized spacial score (nSPS) is 14.5. The highest BCUT2D eigenvalue weighted by Gasteiger charge is 2.09. The van der Waals surface area contributed by atoms with Crippen molar-refractivity contribution in [3.63, 3.8) is 0 Å². The lowest BCUT2D eigenvalue weighted by atomic mass is 10.0. The lowest BCUT2D eigenvalue weighted by Crippen LogP contribution is -2.20. The summed E-state index contributed by atoms with van der Waals surface area (Å²) >= 11 is 1.92. The minimum absolute atomic E-state index is 0.202. The molecule has 3 heteroatoms. The number of rotatable bonds is 8. The molecule has 0 bridgehead atoms. The molecular weight excluding hydrogens is 232 g/mol. The van der Waals surface area contributed by atoms with Crippen molar-refractivity contribution in [1.29, 1.82) is 0 Å². The Morgan fingerprint density at radius 2 is 1.82 bits per heavy atom. The molecule has 0 N–H and O–H groups in total. The van der Waals surface area contributed by atoms with Gasteiger partial charge < -0.3 is 9.47 Å². The molecule has 0 radical (unpaired) electrons. The first-order chi connectivity index (χ1) is 8.27. The second-order valence-corrected chi connectivity index (χ2v) is 5.24. The number of benzene rings is 1. The van der Waals surface area contributed by atoms with E-state index in [1.54, 1.807) is 14.2 Å². The van der Waals surface area contributed by atoms with Gasteiger partial charge >= 0.3 is 0 Å². The van der Waals surface area contributed by atoms with Crippen LogP contribution in [-0.4, -0.2) is 38.4 Å². The van der Waals surface area contributed by atoms with Crippen molar-refractivity contribution in [3.8, 4) is 0 Å². The zero-order chi connectivity index (χ0) is 12.5. The van der Waals surface area contributed by atoms with Crippen molar-refractivity contribution in [2.45, 2.75) is 18.9 Å². The molecule has 2 nitrogen and oxygen atoms in total. The van der Waals surface area contributed by atoms with Gasteiger partial charge in [-0.05, 0) is 17.2 Å². The molecule has 1 rings (SSSR count). The van der Waals surface area contributed by atoms with E-state index in [1.165, 1.54) is 5.56 Å². The Bertz CT molecular complexity index is 290. The van der Waals surface area contributed by atoms with Crippen molar-refractivity contribution in [2.75, 3.05) is 32.3 Å². The molecule has 17 heavy (non-hydrogen) atoms. The van der Waals surface area contributed by atoms with Crippen LogP contribution in [0.4, 0.5) is 0 Å². The largest absolute Gasteiger partial charge is 0.382 e. The molecular formula is C14H22O2S. The Labute approximate surface area is 109 Å². The molecule has 0 heterocycles. The summed E-state index contributed by atoms with van der Waals surface area (Å²) in [5.74, 6) is 2.69. The van der Waals surface area contributed by atoms with E-state index in [0.717, 1.165) is 11.5 Å². The van der Waals surface area contributed by atoms with Gasteiger partial charge in [0, 0.05) is 20.0 Å². The zero-order valence-corrected chi connectivity index (χ0v) is 11.7. The highest BCUT2D eigenvalue weighted by Crippen LogP contribution is 2.20. The smallest absolute Gasteiger partial charge is 0.0894 e. The molecule has 96 valence electrons. The van der Waals surface area contributed by atoms with Crippen LogP contribution in [0.15, 0.2) is 30.3 Å². The topological polar surface area (TPSA) is 18.5 Å². The molecule has 0 amide bonds. The minimum Gasteiger partial charge on any atom is -0.382 e. The van der Waals surface area contributed by atoms with Crippen LogP contribution in [0.2, 0.25) is 0 Å². The van der Waals surface area contributed by atoms with Gasteiger partial charge in [0.15, 0.2) is 0 Å². The van der Waals surface area contributed by atoms with E-state index < -0.39 is 0 Å². The van der Waals surface area contributed by atoms with Gasteiger partial charge in [0.25, 0.3) is 0 Å². The second kappa shape index (κ2) is 8.56. The first kappa shape index (κ1) is 14.6. The lowest BCUT2D eigenvalue weighted by Gasteiger charge is -2.16. The number of ether oxygens (including phenoxy) is 2. The molecule has 2 unspecified atom stereocenters. The van der Waals surface area contributed by atoms with Gasteiger partial charge in [0.2, 0.25) is 0 Å². The average Bonchev–Trinajstić information content (AvgIpc) is 2.38. The van der Waals surface area contributed by atoms with Crippen LogP contribution >= 0.6 is 11.8 Å². The lowest BCUT2D eigenvalue weighted by molar-refractivity contribution is 0.0430. The fraction of sp³-hybridized carbons (Fsp3) is 0.571. The van der Waals surface area contributed by atoms with Crippen LogP contribution < -0.4 is 0 Å². The van der Waals surface area contributed by atoms with E-state index in [2.05, 4.69) is 37.3 Å². The van der Waals surface area contributed by atoms with Crippen molar-refractivity contribution in [1.82, 2.24) is 0 Å². The first-order valence-corrected chi connectivity index (χ1v) is 7.07. The quantitative estimate of drug-likeness (QED) is 0.710. The fourth-order valence-electron chi connectivity index (χ4n) is 1.62.